The van der Waals surface area contributed by atoms with Crippen molar-refractivity contribution in [2.45, 2.75) is 52.5 Å². The lowest BCUT2D eigenvalue weighted by atomic mass is 9.95. The first-order valence-corrected chi connectivity index (χ1v) is 9.66. The van der Waals surface area contributed by atoms with Crippen molar-refractivity contribution in [2.75, 3.05) is 18.1 Å². The predicted octanol–water partition coefficient (Wildman–Crippen LogP) is 3.29. The Morgan fingerprint density at radius 1 is 1.10 bits per heavy atom. The summed E-state index contributed by atoms with van der Waals surface area (Å²) in [6.07, 6.45) is 1.38. The van der Waals surface area contributed by atoms with Gasteiger partial charge in [0.25, 0.3) is 0 Å². The molecule has 3 nitrogen and oxygen atoms in total. The first-order valence-electron chi connectivity index (χ1n) is 7.84. The Balaban J connectivity index is 2.75. The highest BCUT2D eigenvalue weighted by molar-refractivity contribution is 7.91. The zero-order chi connectivity index (χ0) is 15.9. The molecule has 0 spiro atoms. The van der Waals surface area contributed by atoms with E-state index < -0.39 is 9.84 Å². The molecule has 0 fully saturated rings. The maximum atomic E-state index is 11.9. The van der Waals surface area contributed by atoms with Crippen LogP contribution in [0.3, 0.4) is 0 Å². The standard InChI is InChI=1S/C17H29NO2S/c1-5-11-21(19,20)12-10-17(13-18-14(2)3)16-8-6-15(4)7-9-16/h6-9,14,17-18H,5,10-13H2,1-4H3. The minimum absolute atomic E-state index is 0.250. The van der Waals surface area contributed by atoms with E-state index in [4.69, 9.17) is 0 Å². The van der Waals surface area contributed by atoms with Crippen molar-refractivity contribution in [2.24, 2.45) is 0 Å². The van der Waals surface area contributed by atoms with Crippen LogP contribution in [0.4, 0.5) is 0 Å². The molecular weight excluding hydrogens is 282 g/mol. The maximum Gasteiger partial charge on any atom is 0.150 e. The Morgan fingerprint density at radius 3 is 2.24 bits per heavy atom. The number of benzene rings is 1. The lowest BCUT2D eigenvalue weighted by molar-refractivity contribution is 0.517. The van der Waals surface area contributed by atoms with Crippen LogP contribution in [-0.4, -0.2) is 32.5 Å². The molecule has 1 unspecified atom stereocenters. The Labute approximate surface area is 130 Å². The molecule has 0 saturated carbocycles. The molecule has 0 amide bonds. The van der Waals surface area contributed by atoms with Gasteiger partial charge in [-0.25, -0.2) is 8.42 Å². The summed E-state index contributed by atoms with van der Waals surface area (Å²) in [6.45, 7) is 9.02. The quantitative estimate of drug-likeness (QED) is 0.761. The lowest BCUT2D eigenvalue weighted by Gasteiger charge is -2.20. The molecule has 0 aliphatic heterocycles. The zero-order valence-electron chi connectivity index (χ0n) is 13.7. The summed E-state index contributed by atoms with van der Waals surface area (Å²) < 4.78 is 23.9. The van der Waals surface area contributed by atoms with Gasteiger partial charge in [0, 0.05) is 18.3 Å². The molecule has 0 aromatic heterocycles. The second-order valence-electron chi connectivity index (χ2n) is 6.11. The van der Waals surface area contributed by atoms with E-state index >= 15 is 0 Å². The lowest BCUT2D eigenvalue weighted by Crippen LogP contribution is -2.29. The van der Waals surface area contributed by atoms with E-state index in [1.54, 1.807) is 0 Å². The molecule has 1 rings (SSSR count). The van der Waals surface area contributed by atoms with Crippen LogP contribution in [0, 0.1) is 6.92 Å². The van der Waals surface area contributed by atoms with Gasteiger partial charge < -0.3 is 5.32 Å². The first-order chi connectivity index (χ1) is 9.84. The van der Waals surface area contributed by atoms with Gasteiger partial charge in [0.1, 0.15) is 9.84 Å². The summed E-state index contributed by atoms with van der Waals surface area (Å²) in [7, 11) is -2.91. The average Bonchev–Trinajstić information content (AvgIpc) is 2.40. The van der Waals surface area contributed by atoms with Crippen LogP contribution in [0.2, 0.25) is 0 Å². The normalized spacial score (nSPS) is 13.6. The van der Waals surface area contributed by atoms with E-state index in [9.17, 15) is 8.42 Å². The highest BCUT2D eigenvalue weighted by Crippen LogP contribution is 2.21. The molecule has 0 radical (unpaired) electrons. The van der Waals surface area contributed by atoms with E-state index in [1.807, 2.05) is 6.92 Å². The number of nitrogens with one attached hydrogen (secondary N) is 1. The maximum absolute atomic E-state index is 11.9. The summed E-state index contributed by atoms with van der Waals surface area (Å²) in [5, 5.41) is 3.43. The van der Waals surface area contributed by atoms with E-state index in [1.165, 1.54) is 11.1 Å². The fraction of sp³-hybridized carbons (Fsp3) is 0.647. The first kappa shape index (κ1) is 18.2. The van der Waals surface area contributed by atoms with Gasteiger partial charge in [-0.15, -0.1) is 0 Å². The number of hydrogen-bond acceptors (Lipinski definition) is 3. The monoisotopic (exact) mass is 311 g/mol. The van der Waals surface area contributed by atoms with Crippen LogP contribution in [-0.2, 0) is 9.84 Å². The molecular formula is C17H29NO2S. The fourth-order valence-electron chi connectivity index (χ4n) is 2.34. The highest BCUT2D eigenvalue weighted by Gasteiger charge is 2.17. The largest absolute Gasteiger partial charge is 0.314 e. The van der Waals surface area contributed by atoms with Gasteiger partial charge in [-0.1, -0.05) is 50.6 Å². The molecule has 4 heteroatoms. The minimum atomic E-state index is -2.91. The highest BCUT2D eigenvalue weighted by atomic mass is 32.2. The zero-order valence-corrected chi connectivity index (χ0v) is 14.5. The Hall–Kier alpha value is -0.870. The Kier molecular flexibility index (Phi) is 7.40. The summed E-state index contributed by atoms with van der Waals surface area (Å²) in [6, 6.07) is 8.84. The van der Waals surface area contributed by atoms with Gasteiger partial charge >= 0.3 is 0 Å². The smallest absolute Gasteiger partial charge is 0.150 e. The van der Waals surface area contributed by atoms with Crippen LogP contribution in [0.25, 0.3) is 0 Å². The summed E-state index contributed by atoms with van der Waals surface area (Å²) in [5.74, 6) is 0.823. The minimum Gasteiger partial charge on any atom is -0.314 e. The molecule has 0 heterocycles. The van der Waals surface area contributed by atoms with E-state index in [-0.39, 0.29) is 11.7 Å². The van der Waals surface area contributed by atoms with Gasteiger partial charge in [-0.2, -0.15) is 0 Å². The molecule has 1 aromatic rings. The molecule has 0 aliphatic carbocycles. The second kappa shape index (κ2) is 8.54. The van der Waals surface area contributed by atoms with Crippen molar-refractivity contribution in [1.29, 1.82) is 0 Å². The summed E-state index contributed by atoms with van der Waals surface area (Å²) >= 11 is 0. The van der Waals surface area contributed by atoms with Crippen LogP contribution in [0.1, 0.15) is 50.7 Å². The Morgan fingerprint density at radius 2 is 1.71 bits per heavy atom. The van der Waals surface area contributed by atoms with Crippen LogP contribution >= 0.6 is 0 Å². The van der Waals surface area contributed by atoms with Crippen molar-refractivity contribution in [3.63, 3.8) is 0 Å². The predicted molar refractivity (Wildman–Crippen MR) is 90.6 cm³/mol. The average molecular weight is 311 g/mol. The summed E-state index contributed by atoms with van der Waals surface area (Å²) in [4.78, 5) is 0. The SMILES string of the molecule is CCCS(=O)(=O)CCC(CNC(C)C)c1ccc(C)cc1. The van der Waals surface area contributed by atoms with Gasteiger partial charge in [0.2, 0.25) is 0 Å². The van der Waals surface area contributed by atoms with E-state index in [0.29, 0.717) is 24.6 Å². The van der Waals surface area contributed by atoms with Crippen molar-refractivity contribution in [3.05, 3.63) is 35.4 Å². The third kappa shape index (κ3) is 7.09. The second-order valence-corrected chi connectivity index (χ2v) is 8.41. The molecule has 1 atom stereocenters. The number of rotatable bonds is 9. The number of hydrogen-bond donors (Lipinski definition) is 1. The van der Waals surface area contributed by atoms with Crippen molar-refractivity contribution in [1.82, 2.24) is 5.32 Å². The fourth-order valence-corrected chi connectivity index (χ4v) is 3.81. The number of aryl methyl sites for hydroxylation is 1. The van der Waals surface area contributed by atoms with Gasteiger partial charge in [-0.3, -0.25) is 0 Å². The van der Waals surface area contributed by atoms with Crippen LogP contribution in [0.15, 0.2) is 24.3 Å². The van der Waals surface area contributed by atoms with Gasteiger partial charge in [0.05, 0.1) is 5.75 Å². The molecule has 21 heavy (non-hydrogen) atoms. The van der Waals surface area contributed by atoms with Crippen LogP contribution in [0.5, 0.6) is 0 Å². The van der Waals surface area contributed by atoms with E-state index in [0.717, 1.165) is 6.54 Å². The third-order valence-corrected chi connectivity index (χ3v) is 5.50. The van der Waals surface area contributed by atoms with Crippen molar-refractivity contribution < 1.29 is 8.42 Å². The molecule has 1 N–H and O–H groups in total. The molecule has 1 aromatic carbocycles. The summed E-state index contributed by atoms with van der Waals surface area (Å²) in [5.41, 5.74) is 2.45. The van der Waals surface area contributed by atoms with Gasteiger partial charge in [0.15, 0.2) is 0 Å². The van der Waals surface area contributed by atoms with E-state index in [2.05, 4.69) is 50.4 Å². The molecule has 0 saturated heterocycles. The number of sulfone groups is 1. The molecule has 0 bridgehead atoms. The van der Waals surface area contributed by atoms with Crippen molar-refractivity contribution >= 4 is 9.84 Å². The van der Waals surface area contributed by atoms with Crippen molar-refractivity contribution in [3.8, 4) is 0 Å². The van der Waals surface area contributed by atoms with Gasteiger partial charge in [-0.05, 0) is 31.2 Å². The van der Waals surface area contributed by atoms with Crippen LogP contribution < -0.4 is 5.32 Å². The topological polar surface area (TPSA) is 46.2 Å². The Bertz CT molecular complexity index is 506. The molecule has 0 aliphatic rings. The third-order valence-electron chi connectivity index (χ3n) is 3.61. The molecule has 120 valence electrons.